The molecule has 0 bridgehead atoms. The molecule has 0 spiro atoms. The minimum atomic E-state index is -3.63. The molecule has 0 aromatic heterocycles. The Balaban J connectivity index is 1.83. The summed E-state index contributed by atoms with van der Waals surface area (Å²) >= 11 is 0. The Bertz CT molecular complexity index is 868. The standard InChI is InChI=1S/C21H28N2O5S/c1-17(2)27-15-7-14-22-21(24)16-28-19-12-10-18(11-13-19)23(3)29(25,26)20-8-5-4-6-9-20/h4-6,8-13,17H,7,14-16H2,1-3H3,(H,22,24). The lowest BCUT2D eigenvalue weighted by Crippen LogP contribution is -2.30. The molecule has 0 saturated carbocycles. The molecule has 0 atom stereocenters. The molecule has 0 aliphatic heterocycles. The van der Waals surface area contributed by atoms with Gasteiger partial charge in [0, 0.05) is 20.2 Å². The normalized spacial score (nSPS) is 11.3. The van der Waals surface area contributed by atoms with Crippen molar-refractivity contribution in [1.82, 2.24) is 5.32 Å². The Morgan fingerprint density at radius 1 is 1.07 bits per heavy atom. The van der Waals surface area contributed by atoms with E-state index in [4.69, 9.17) is 9.47 Å². The van der Waals surface area contributed by atoms with E-state index in [0.717, 1.165) is 6.42 Å². The van der Waals surface area contributed by atoms with Crippen LogP contribution in [0.2, 0.25) is 0 Å². The summed E-state index contributed by atoms with van der Waals surface area (Å²) in [5.41, 5.74) is 0.496. The Labute approximate surface area is 172 Å². The summed E-state index contributed by atoms with van der Waals surface area (Å²) < 4.78 is 37.4. The van der Waals surface area contributed by atoms with E-state index in [1.807, 2.05) is 13.8 Å². The van der Waals surface area contributed by atoms with Crippen molar-refractivity contribution in [3.05, 3.63) is 54.6 Å². The number of hydrogen-bond donors (Lipinski definition) is 1. The number of amides is 1. The first-order valence-electron chi connectivity index (χ1n) is 9.46. The number of hydrogen-bond acceptors (Lipinski definition) is 5. The SMILES string of the molecule is CC(C)OCCCNC(=O)COc1ccc(N(C)S(=O)(=O)c2ccccc2)cc1. The van der Waals surface area contributed by atoms with E-state index in [1.54, 1.807) is 54.6 Å². The van der Waals surface area contributed by atoms with Crippen molar-refractivity contribution in [2.75, 3.05) is 31.1 Å². The number of nitrogens with zero attached hydrogens (tertiary/aromatic N) is 1. The quantitative estimate of drug-likeness (QED) is 0.565. The van der Waals surface area contributed by atoms with Crippen molar-refractivity contribution in [1.29, 1.82) is 0 Å². The van der Waals surface area contributed by atoms with Crippen LogP contribution in [0.25, 0.3) is 0 Å². The smallest absolute Gasteiger partial charge is 0.264 e. The molecule has 2 aromatic rings. The van der Waals surface area contributed by atoms with Gasteiger partial charge in [0.25, 0.3) is 15.9 Å². The number of anilines is 1. The topological polar surface area (TPSA) is 84.9 Å². The van der Waals surface area contributed by atoms with Crippen LogP contribution in [0.4, 0.5) is 5.69 Å². The Kier molecular flexibility index (Phi) is 8.48. The van der Waals surface area contributed by atoms with Crippen molar-refractivity contribution >= 4 is 21.6 Å². The second-order valence-corrected chi connectivity index (χ2v) is 8.66. The van der Waals surface area contributed by atoms with E-state index in [9.17, 15) is 13.2 Å². The first kappa shape index (κ1) is 22.7. The van der Waals surface area contributed by atoms with Gasteiger partial charge in [0.1, 0.15) is 5.75 Å². The molecule has 0 unspecified atom stereocenters. The molecule has 1 N–H and O–H groups in total. The minimum absolute atomic E-state index is 0.109. The molecule has 2 rings (SSSR count). The molecule has 7 nitrogen and oxygen atoms in total. The highest BCUT2D eigenvalue weighted by molar-refractivity contribution is 7.92. The molecule has 0 fully saturated rings. The summed E-state index contributed by atoms with van der Waals surface area (Å²) in [6.45, 7) is 4.94. The summed E-state index contributed by atoms with van der Waals surface area (Å²) in [6, 6.07) is 14.8. The van der Waals surface area contributed by atoms with Crippen LogP contribution in [0.5, 0.6) is 5.75 Å². The molecule has 0 aliphatic rings. The number of nitrogens with one attached hydrogen (secondary N) is 1. The van der Waals surface area contributed by atoms with Gasteiger partial charge in [-0.25, -0.2) is 8.42 Å². The first-order chi connectivity index (χ1) is 13.8. The van der Waals surface area contributed by atoms with Gasteiger partial charge in [-0.3, -0.25) is 9.10 Å². The van der Waals surface area contributed by atoms with Gasteiger partial charge in [-0.1, -0.05) is 18.2 Å². The molecule has 1 amide bonds. The summed E-state index contributed by atoms with van der Waals surface area (Å²) in [6.07, 6.45) is 0.916. The number of sulfonamides is 1. The van der Waals surface area contributed by atoms with Crippen molar-refractivity contribution < 1.29 is 22.7 Å². The molecular weight excluding hydrogens is 392 g/mol. The van der Waals surface area contributed by atoms with Crippen molar-refractivity contribution in [2.24, 2.45) is 0 Å². The van der Waals surface area contributed by atoms with Crippen LogP contribution in [0.3, 0.4) is 0 Å². The number of carbonyl (C=O) groups excluding carboxylic acids is 1. The van der Waals surface area contributed by atoms with E-state index in [-0.39, 0.29) is 23.5 Å². The van der Waals surface area contributed by atoms with Crippen LogP contribution < -0.4 is 14.4 Å². The van der Waals surface area contributed by atoms with Gasteiger partial charge >= 0.3 is 0 Å². The largest absolute Gasteiger partial charge is 0.484 e. The van der Waals surface area contributed by atoms with E-state index < -0.39 is 10.0 Å². The minimum Gasteiger partial charge on any atom is -0.484 e. The lowest BCUT2D eigenvalue weighted by Gasteiger charge is -2.19. The lowest BCUT2D eigenvalue weighted by molar-refractivity contribution is -0.123. The molecule has 0 aliphatic carbocycles. The lowest BCUT2D eigenvalue weighted by atomic mass is 10.3. The van der Waals surface area contributed by atoms with Gasteiger partial charge in [0.2, 0.25) is 0 Å². The van der Waals surface area contributed by atoms with Gasteiger partial charge in [0.15, 0.2) is 6.61 Å². The molecule has 0 saturated heterocycles. The van der Waals surface area contributed by atoms with Crippen LogP contribution in [-0.2, 0) is 19.6 Å². The predicted octanol–water partition coefficient (Wildman–Crippen LogP) is 2.82. The van der Waals surface area contributed by atoms with Gasteiger partial charge in [0.05, 0.1) is 16.7 Å². The predicted molar refractivity (Wildman–Crippen MR) is 113 cm³/mol. The zero-order chi connectivity index (χ0) is 21.3. The second kappa shape index (κ2) is 10.8. The Morgan fingerprint density at radius 3 is 2.34 bits per heavy atom. The van der Waals surface area contributed by atoms with Crippen LogP contribution >= 0.6 is 0 Å². The van der Waals surface area contributed by atoms with Gasteiger partial charge in [-0.15, -0.1) is 0 Å². The molecule has 8 heteroatoms. The highest BCUT2D eigenvalue weighted by Crippen LogP contribution is 2.24. The van der Waals surface area contributed by atoms with E-state index in [1.165, 1.54) is 11.4 Å². The number of ether oxygens (including phenoxy) is 2. The Hall–Kier alpha value is -2.58. The van der Waals surface area contributed by atoms with Gasteiger partial charge in [-0.05, 0) is 56.7 Å². The van der Waals surface area contributed by atoms with Crippen LogP contribution in [0.1, 0.15) is 20.3 Å². The Morgan fingerprint density at radius 2 is 1.72 bits per heavy atom. The van der Waals surface area contributed by atoms with Crippen molar-refractivity contribution in [3.63, 3.8) is 0 Å². The molecule has 2 aromatic carbocycles. The van der Waals surface area contributed by atoms with Gasteiger partial charge < -0.3 is 14.8 Å². The fourth-order valence-electron chi connectivity index (χ4n) is 2.46. The summed E-state index contributed by atoms with van der Waals surface area (Å²) in [5.74, 6) is 0.264. The maximum Gasteiger partial charge on any atom is 0.264 e. The van der Waals surface area contributed by atoms with Crippen molar-refractivity contribution in [2.45, 2.75) is 31.3 Å². The molecule has 29 heavy (non-hydrogen) atoms. The summed E-state index contributed by atoms with van der Waals surface area (Å²) in [4.78, 5) is 12.0. The van der Waals surface area contributed by atoms with Crippen molar-refractivity contribution in [3.8, 4) is 5.75 Å². The zero-order valence-corrected chi connectivity index (χ0v) is 17.8. The first-order valence-corrected chi connectivity index (χ1v) is 10.9. The third-order valence-electron chi connectivity index (χ3n) is 4.07. The summed E-state index contributed by atoms with van der Waals surface area (Å²) in [5, 5.41) is 2.76. The van der Waals surface area contributed by atoms with E-state index in [0.29, 0.717) is 24.6 Å². The third-order valence-corrected chi connectivity index (χ3v) is 5.87. The van der Waals surface area contributed by atoms with E-state index >= 15 is 0 Å². The van der Waals surface area contributed by atoms with Crippen LogP contribution in [0, 0.1) is 0 Å². The highest BCUT2D eigenvalue weighted by atomic mass is 32.2. The van der Waals surface area contributed by atoms with Gasteiger partial charge in [-0.2, -0.15) is 0 Å². The molecule has 158 valence electrons. The zero-order valence-electron chi connectivity index (χ0n) is 17.0. The fourth-order valence-corrected chi connectivity index (χ4v) is 3.68. The monoisotopic (exact) mass is 420 g/mol. The average molecular weight is 421 g/mol. The maximum atomic E-state index is 12.6. The maximum absolute atomic E-state index is 12.6. The molecular formula is C21H28N2O5S. The van der Waals surface area contributed by atoms with E-state index in [2.05, 4.69) is 5.32 Å². The fraction of sp³-hybridized carbons (Fsp3) is 0.381. The number of carbonyl (C=O) groups is 1. The summed E-state index contributed by atoms with van der Waals surface area (Å²) in [7, 11) is -2.14. The third kappa shape index (κ3) is 7.07. The average Bonchev–Trinajstić information content (AvgIpc) is 2.72. The van der Waals surface area contributed by atoms with Crippen LogP contribution in [-0.4, -0.2) is 47.2 Å². The number of rotatable bonds is 11. The molecule has 0 radical (unpaired) electrons. The van der Waals surface area contributed by atoms with Crippen LogP contribution in [0.15, 0.2) is 59.5 Å². The number of benzene rings is 2. The highest BCUT2D eigenvalue weighted by Gasteiger charge is 2.20. The second-order valence-electron chi connectivity index (χ2n) is 6.69. The molecule has 0 heterocycles.